The largest absolute Gasteiger partial charge is 0.416 e. The molecule has 1 aromatic carbocycles. The lowest BCUT2D eigenvalue weighted by molar-refractivity contribution is -0.137. The Labute approximate surface area is 190 Å². The predicted octanol–water partition coefficient (Wildman–Crippen LogP) is 3.10. The number of aryl methyl sites for hydroxylation is 1. The number of benzene rings is 1. The van der Waals surface area contributed by atoms with Crippen molar-refractivity contribution in [1.29, 1.82) is 0 Å². The Morgan fingerprint density at radius 1 is 1.15 bits per heavy atom. The lowest BCUT2D eigenvalue weighted by Gasteiger charge is -2.42. The summed E-state index contributed by atoms with van der Waals surface area (Å²) in [6.07, 6.45) is -4.70. The monoisotopic (exact) mass is 467 g/mol. The van der Waals surface area contributed by atoms with Gasteiger partial charge in [0.15, 0.2) is 6.17 Å². The van der Waals surface area contributed by atoms with Crippen LogP contribution in [0.2, 0.25) is 0 Å². The molecule has 4 rings (SSSR count). The van der Waals surface area contributed by atoms with Crippen molar-refractivity contribution in [3.63, 3.8) is 0 Å². The lowest BCUT2D eigenvalue weighted by atomic mass is 10.0. The number of halogens is 4. The van der Waals surface area contributed by atoms with Gasteiger partial charge >= 0.3 is 6.18 Å². The molecule has 3 heterocycles. The number of methoxy groups -OCH3 is 1. The number of pyridine rings is 1. The van der Waals surface area contributed by atoms with E-state index < -0.39 is 30.2 Å². The van der Waals surface area contributed by atoms with Crippen LogP contribution < -0.4 is 16.0 Å². The van der Waals surface area contributed by atoms with Crippen LogP contribution in [0.4, 0.5) is 17.6 Å². The fraction of sp³-hybridized carbons (Fsp3) is 0.522. The van der Waals surface area contributed by atoms with E-state index in [1.54, 1.807) is 13.3 Å². The van der Waals surface area contributed by atoms with Crippen LogP contribution in [-0.2, 0) is 17.5 Å². The molecule has 5 unspecified atom stereocenters. The zero-order valence-corrected chi connectivity index (χ0v) is 18.6. The number of ether oxygens (including phenoxy) is 1. The highest BCUT2D eigenvalue weighted by molar-refractivity contribution is 5.28. The van der Waals surface area contributed by atoms with Crippen LogP contribution in [0.15, 0.2) is 42.6 Å². The van der Waals surface area contributed by atoms with Gasteiger partial charge in [-0.1, -0.05) is 18.2 Å². The number of hydrogen-bond donors (Lipinski definition) is 3. The number of nitrogens with one attached hydrogen (secondary N) is 3. The predicted molar refractivity (Wildman–Crippen MR) is 116 cm³/mol. The maximum absolute atomic E-state index is 15.6. The number of aromatic nitrogens is 1. The maximum atomic E-state index is 15.6. The molecule has 2 aromatic rings. The first-order valence-corrected chi connectivity index (χ1v) is 11.0. The van der Waals surface area contributed by atoms with Gasteiger partial charge in [-0.25, -0.2) is 4.39 Å². The summed E-state index contributed by atoms with van der Waals surface area (Å²) in [7, 11) is 1.60. The summed E-state index contributed by atoms with van der Waals surface area (Å²) < 4.78 is 60.1. The first-order chi connectivity index (χ1) is 15.8. The fourth-order valence-electron chi connectivity index (χ4n) is 4.52. The Morgan fingerprint density at radius 2 is 1.91 bits per heavy atom. The van der Waals surface area contributed by atoms with Crippen molar-refractivity contribution in [3.8, 4) is 0 Å². The lowest BCUT2D eigenvalue weighted by Crippen LogP contribution is -2.68. The van der Waals surface area contributed by atoms with E-state index in [9.17, 15) is 13.2 Å². The van der Waals surface area contributed by atoms with E-state index >= 15 is 4.39 Å². The number of alkyl halides is 4. The molecule has 0 amide bonds. The molecule has 0 bridgehead atoms. The van der Waals surface area contributed by atoms with Crippen LogP contribution in [0.3, 0.4) is 0 Å². The summed E-state index contributed by atoms with van der Waals surface area (Å²) in [4.78, 5) is 6.23. The minimum absolute atomic E-state index is 0.133. The first-order valence-electron chi connectivity index (χ1n) is 11.0. The van der Waals surface area contributed by atoms with Crippen molar-refractivity contribution < 1.29 is 22.3 Å². The molecule has 2 aliphatic heterocycles. The summed E-state index contributed by atoms with van der Waals surface area (Å²) in [5.74, 6) is 0. The van der Waals surface area contributed by atoms with Crippen LogP contribution in [0.5, 0.6) is 0 Å². The second-order valence-electron chi connectivity index (χ2n) is 8.57. The molecule has 10 heteroatoms. The molecule has 0 radical (unpaired) electrons. The smallest absolute Gasteiger partial charge is 0.380 e. The van der Waals surface area contributed by atoms with Gasteiger partial charge in [-0.15, -0.1) is 0 Å². The van der Waals surface area contributed by atoms with E-state index in [2.05, 4.69) is 20.9 Å². The maximum Gasteiger partial charge on any atom is 0.416 e. The SMILES string of the molecule is COC1CC(c2ccc(C(F)(F)F)cc2)N(C2NCNC(NCc3ccc(C)nc3)C2F)C1. The van der Waals surface area contributed by atoms with Crippen molar-refractivity contribution in [1.82, 2.24) is 25.8 Å². The van der Waals surface area contributed by atoms with E-state index in [-0.39, 0.29) is 12.1 Å². The molecule has 2 saturated heterocycles. The molecule has 33 heavy (non-hydrogen) atoms. The van der Waals surface area contributed by atoms with E-state index in [4.69, 9.17) is 4.74 Å². The zero-order chi connectivity index (χ0) is 23.6. The van der Waals surface area contributed by atoms with Crippen molar-refractivity contribution >= 4 is 0 Å². The third kappa shape index (κ3) is 5.52. The Bertz CT molecular complexity index is 909. The molecule has 5 atom stereocenters. The molecule has 1 aromatic heterocycles. The molecule has 6 nitrogen and oxygen atoms in total. The van der Waals surface area contributed by atoms with Gasteiger partial charge in [-0.3, -0.25) is 25.8 Å². The number of likely N-dealkylation sites (tertiary alicyclic amines) is 1. The number of hydrogen-bond acceptors (Lipinski definition) is 6. The molecule has 0 saturated carbocycles. The first kappa shape index (κ1) is 24.0. The minimum Gasteiger partial charge on any atom is -0.380 e. The van der Waals surface area contributed by atoms with Crippen molar-refractivity contribution in [2.24, 2.45) is 0 Å². The van der Waals surface area contributed by atoms with Gasteiger partial charge in [0.25, 0.3) is 0 Å². The Morgan fingerprint density at radius 3 is 2.55 bits per heavy atom. The second kappa shape index (κ2) is 10.0. The summed E-state index contributed by atoms with van der Waals surface area (Å²) in [6.45, 7) is 3.24. The van der Waals surface area contributed by atoms with Gasteiger partial charge < -0.3 is 4.74 Å². The molecule has 180 valence electrons. The molecular formula is C23H29F4N5O. The average molecular weight is 468 g/mol. The van der Waals surface area contributed by atoms with Gasteiger partial charge in [-0.2, -0.15) is 13.2 Å². The van der Waals surface area contributed by atoms with E-state index in [0.29, 0.717) is 31.7 Å². The summed E-state index contributed by atoms with van der Waals surface area (Å²) in [5, 5.41) is 9.50. The molecule has 3 N–H and O–H groups in total. The quantitative estimate of drug-likeness (QED) is 0.568. The molecule has 2 fully saturated rings. The van der Waals surface area contributed by atoms with Gasteiger partial charge in [0.2, 0.25) is 0 Å². The topological polar surface area (TPSA) is 61.5 Å². The second-order valence-corrected chi connectivity index (χ2v) is 8.57. The summed E-state index contributed by atoms with van der Waals surface area (Å²) in [5.41, 5.74) is 1.88. The summed E-state index contributed by atoms with van der Waals surface area (Å²) >= 11 is 0. The van der Waals surface area contributed by atoms with Crippen LogP contribution in [0.1, 0.15) is 34.8 Å². The standard InChI is InChI=1S/C23H29F4N5O/c1-14-3-4-15(10-28-14)11-29-21-20(24)22(31-13-30-21)32-12-18(33-2)9-19(32)16-5-7-17(8-6-16)23(25,26)27/h3-8,10,18-22,29-31H,9,11-13H2,1-2H3. The average Bonchev–Trinajstić information content (AvgIpc) is 3.23. The van der Waals surface area contributed by atoms with Crippen LogP contribution in [0, 0.1) is 6.92 Å². The molecular weight excluding hydrogens is 438 g/mol. The Hall–Kier alpha value is -2.11. The molecule has 2 aliphatic rings. The fourth-order valence-corrected chi connectivity index (χ4v) is 4.52. The van der Waals surface area contributed by atoms with Crippen molar-refractivity contribution in [2.75, 3.05) is 20.3 Å². The van der Waals surface area contributed by atoms with Crippen LogP contribution in [0.25, 0.3) is 0 Å². The third-order valence-electron chi connectivity index (χ3n) is 6.37. The third-order valence-corrected chi connectivity index (χ3v) is 6.37. The highest BCUT2D eigenvalue weighted by atomic mass is 19.4. The highest BCUT2D eigenvalue weighted by Gasteiger charge is 2.44. The Balaban J connectivity index is 1.48. The van der Waals surface area contributed by atoms with Crippen LogP contribution >= 0.6 is 0 Å². The highest BCUT2D eigenvalue weighted by Crippen LogP contribution is 2.37. The Kier molecular flexibility index (Phi) is 7.30. The van der Waals surface area contributed by atoms with Crippen LogP contribution in [-0.4, -0.2) is 54.8 Å². The number of rotatable bonds is 6. The van der Waals surface area contributed by atoms with Crippen molar-refractivity contribution in [2.45, 2.75) is 56.7 Å². The number of nitrogens with zero attached hydrogens (tertiary/aromatic N) is 2. The van der Waals surface area contributed by atoms with Gasteiger partial charge in [0.05, 0.1) is 24.0 Å². The molecule has 0 spiro atoms. The zero-order valence-electron chi connectivity index (χ0n) is 18.6. The van der Waals surface area contributed by atoms with E-state index in [1.165, 1.54) is 12.1 Å². The van der Waals surface area contributed by atoms with Gasteiger partial charge in [0.1, 0.15) is 0 Å². The van der Waals surface area contributed by atoms with Crippen molar-refractivity contribution in [3.05, 3.63) is 65.0 Å². The molecule has 0 aliphatic carbocycles. The van der Waals surface area contributed by atoms with Gasteiger partial charge in [-0.05, 0) is 42.7 Å². The normalized spacial score (nSPS) is 28.8. The minimum atomic E-state index is -4.39. The van der Waals surface area contributed by atoms with Gasteiger partial charge in [0, 0.05) is 44.8 Å². The summed E-state index contributed by atoms with van der Waals surface area (Å²) in [6, 6.07) is 8.72. The van der Waals surface area contributed by atoms with E-state index in [0.717, 1.165) is 23.4 Å². The van der Waals surface area contributed by atoms with E-state index in [1.807, 2.05) is 24.0 Å².